The first-order chi connectivity index (χ1) is 15.5. The predicted octanol–water partition coefficient (Wildman–Crippen LogP) is 3.51. The van der Waals surface area contributed by atoms with Gasteiger partial charge in [-0.05, 0) is 48.9 Å². The highest BCUT2D eigenvalue weighted by Gasteiger charge is 2.21. The summed E-state index contributed by atoms with van der Waals surface area (Å²) < 4.78 is 10.7. The second kappa shape index (κ2) is 9.49. The number of nitrogens with zero attached hydrogens (tertiary/aromatic N) is 2. The van der Waals surface area contributed by atoms with Gasteiger partial charge in [-0.25, -0.2) is 0 Å². The molecular formula is C24H24N4O4. The van der Waals surface area contributed by atoms with Crippen molar-refractivity contribution < 1.29 is 19.1 Å². The van der Waals surface area contributed by atoms with Crippen LogP contribution in [0.15, 0.2) is 67.0 Å². The molecule has 1 aliphatic rings. The van der Waals surface area contributed by atoms with E-state index in [0.29, 0.717) is 29.3 Å². The first-order valence-electron chi connectivity index (χ1n) is 10.3. The molecule has 2 heterocycles. The molecule has 0 fully saturated rings. The Bertz CT molecular complexity index is 1100. The smallest absolute Gasteiger partial charge is 0.255 e. The quantitative estimate of drug-likeness (QED) is 0.592. The number of ether oxygens (including phenoxy) is 2. The number of amides is 2. The molecule has 1 atom stereocenters. The van der Waals surface area contributed by atoms with E-state index >= 15 is 0 Å². The fraction of sp³-hybridized carbons (Fsp3) is 0.208. The molecule has 0 aliphatic carbocycles. The molecule has 32 heavy (non-hydrogen) atoms. The van der Waals surface area contributed by atoms with Gasteiger partial charge in [0.25, 0.3) is 5.91 Å². The van der Waals surface area contributed by atoms with Crippen LogP contribution in [0.1, 0.15) is 35.3 Å². The Kier molecular flexibility index (Phi) is 6.32. The van der Waals surface area contributed by atoms with Crippen molar-refractivity contribution in [1.82, 2.24) is 4.98 Å². The van der Waals surface area contributed by atoms with E-state index in [1.165, 1.54) is 0 Å². The van der Waals surface area contributed by atoms with E-state index in [-0.39, 0.29) is 25.0 Å². The number of nitrogens with two attached hydrogens (primary N) is 1. The molecule has 1 aliphatic heterocycles. The van der Waals surface area contributed by atoms with Crippen molar-refractivity contribution in [1.29, 1.82) is 0 Å². The summed E-state index contributed by atoms with van der Waals surface area (Å²) in [5.74, 6) is 0.964. The molecule has 0 radical (unpaired) electrons. The number of carbonyl (C=O) groups is 2. The van der Waals surface area contributed by atoms with Crippen LogP contribution in [-0.4, -0.2) is 30.1 Å². The van der Waals surface area contributed by atoms with Crippen molar-refractivity contribution in [2.45, 2.75) is 19.4 Å². The van der Waals surface area contributed by atoms with E-state index in [4.69, 9.17) is 15.2 Å². The third kappa shape index (κ3) is 4.70. The fourth-order valence-corrected chi connectivity index (χ4v) is 3.49. The van der Waals surface area contributed by atoms with Crippen molar-refractivity contribution in [3.8, 4) is 11.5 Å². The van der Waals surface area contributed by atoms with Crippen LogP contribution in [0.4, 0.5) is 11.4 Å². The third-order valence-corrected chi connectivity index (χ3v) is 5.22. The monoisotopic (exact) mass is 432 g/mol. The standard InChI is InChI=1S/C24H24N4O4/c1-2-28(19-7-8-21-22(13-19)32-15-31-21)23(29)14-20(25)16-3-5-17(6-4-16)24(30)27-18-9-11-26-12-10-18/h3-13,20H,2,14-15,25H2,1H3,(H,26,27,30). The molecule has 8 nitrogen and oxygen atoms in total. The van der Waals surface area contributed by atoms with Crippen molar-refractivity contribution in [3.63, 3.8) is 0 Å². The van der Waals surface area contributed by atoms with Gasteiger partial charge in [-0.2, -0.15) is 0 Å². The van der Waals surface area contributed by atoms with E-state index < -0.39 is 6.04 Å². The number of fused-ring (bicyclic) bond motifs is 1. The number of hydrogen-bond acceptors (Lipinski definition) is 6. The maximum atomic E-state index is 12.9. The van der Waals surface area contributed by atoms with Gasteiger partial charge in [0.05, 0.1) is 0 Å². The average Bonchev–Trinajstić information content (AvgIpc) is 3.28. The normalized spacial score (nSPS) is 12.8. The minimum absolute atomic E-state index is 0.0987. The molecule has 2 aromatic carbocycles. The first kappa shape index (κ1) is 21.3. The Hall–Kier alpha value is -3.91. The zero-order valence-electron chi connectivity index (χ0n) is 17.7. The number of benzene rings is 2. The molecule has 164 valence electrons. The maximum absolute atomic E-state index is 12.9. The molecule has 0 saturated heterocycles. The van der Waals surface area contributed by atoms with Crippen LogP contribution in [0.25, 0.3) is 0 Å². The Morgan fingerprint density at radius 3 is 2.50 bits per heavy atom. The highest BCUT2D eigenvalue weighted by molar-refractivity contribution is 6.04. The van der Waals surface area contributed by atoms with Gasteiger partial charge >= 0.3 is 0 Å². The molecule has 3 aromatic rings. The van der Waals surface area contributed by atoms with Gasteiger partial charge in [-0.1, -0.05) is 12.1 Å². The van der Waals surface area contributed by atoms with Crippen LogP contribution in [-0.2, 0) is 4.79 Å². The molecule has 0 spiro atoms. The first-order valence-corrected chi connectivity index (χ1v) is 10.3. The molecule has 8 heteroatoms. The van der Waals surface area contributed by atoms with Crippen molar-refractivity contribution in [3.05, 3.63) is 78.1 Å². The zero-order chi connectivity index (χ0) is 22.5. The number of aromatic nitrogens is 1. The summed E-state index contributed by atoms with van der Waals surface area (Å²) in [5.41, 5.74) is 8.98. The van der Waals surface area contributed by atoms with E-state index in [1.54, 1.807) is 65.8 Å². The third-order valence-electron chi connectivity index (χ3n) is 5.22. The fourth-order valence-electron chi connectivity index (χ4n) is 3.49. The molecule has 0 saturated carbocycles. The van der Waals surface area contributed by atoms with Gasteiger partial charge in [0.1, 0.15) is 0 Å². The largest absolute Gasteiger partial charge is 0.454 e. The lowest BCUT2D eigenvalue weighted by Crippen LogP contribution is -2.33. The van der Waals surface area contributed by atoms with Crippen LogP contribution < -0.4 is 25.4 Å². The Morgan fingerprint density at radius 1 is 1.06 bits per heavy atom. The molecule has 3 N–H and O–H groups in total. The van der Waals surface area contributed by atoms with Gasteiger partial charge in [0, 0.05) is 54.4 Å². The molecule has 2 amide bonds. The second-order valence-corrected chi connectivity index (χ2v) is 7.30. The Balaban J connectivity index is 1.39. The van der Waals surface area contributed by atoms with Crippen LogP contribution in [0.2, 0.25) is 0 Å². The van der Waals surface area contributed by atoms with Gasteiger partial charge in [0.2, 0.25) is 12.7 Å². The Morgan fingerprint density at radius 2 is 1.78 bits per heavy atom. The Labute approximate surface area is 186 Å². The minimum Gasteiger partial charge on any atom is -0.454 e. The lowest BCUT2D eigenvalue weighted by atomic mass is 10.0. The summed E-state index contributed by atoms with van der Waals surface area (Å²) >= 11 is 0. The lowest BCUT2D eigenvalue weighted by molar-refractivity contribution is -0.118. The number of pyridine rings is 1. The van der Waals surface area contributed by atoms with Crippen molar-refractivity contribution >= 4 is 23.2 Å². The molecule has 1 unspecified atom stereocenters. The highest BCUT2D eigenvalue weighted by atomic mass is 16.7. The van der Waals surface area contributed by atoms with E-state index in [1.807, 2.05) is 13.0 Å². The number of anilines is 2. The molecular weight excluding hydrogens is 408 g/mol. The van der Waals surface area contributed by atoms with Crippen molar-refractivity contribution in [2.75, 3.05) is 23.6 Å². The summed E-state index contributed by atoms with van der Waals surface area (Å²) in [6.45, 7) is 2.59. The zero-order valence-corrected chi connectivity index (χ0v) is 17.7. The summed E-state index contributed by atoms with van der Waals surface area (Å²) in [6.07, 6.45) is 3.35. The number of rotatable bonds is 7. The predicted molar refractivity (Wildman–Crippen MR) is 121 cm³/mol. The maximum Gasteiger partial charge on any atom is 0.255 e. The second-order valence-electron chi connectivity index (χ2n) is 7.30. The summed E-state index contributed by atoms with van der Waals surface area (Å²) in [5, 5.41) is 2.81. The van der Waals surface area contributed by atoms with E-state index in [9.17, 15) is 9.59 Å². The molecule has 4 rings (SSSR count). The van der Waals surface area contributed by atoms with E-state index in [0.717, 1.165) is 11.3 Å². The van der Waals surface area contributed by atoms with Gasteiger partial charge < -0.3 is 25.4 Å². The SMILES string of the molecule is CCN(C(=O)CC(N)c1ccc(C(=O)Nc2ccncc2)cc1)c1ccc2c(c1)OCO2. The van der Waals surface area contributed by atoms with Gasteiger partial charge in [0.15, 0.2) is 11.5 Å². The van der Waals surface area contributed by atoms with Crippen LogP contribution >= 0.6 is 0 Å². The average molecular weight is 432 g/mol. The van der Waals surface area contributed by atoms with Gasteiger partial charge in [-0.15, -0.1) is 0 Å². The molecule has 0 bridgehead atoms. The molecule has 1 aromatic heterocycles. The van der Waals surface area contributed by atoms with Crippen LogP contribution in [0.3, 0.4) is 0 Å². The summed E-state index contributed by atoms with van der Waals surface area (Å²) in [4.78, 5) is 30.9. The number of hydrogen-bond donors (Lipinski definition) is 2. The summed E-state index contributed by atoms with van der Waals surface area (Å²) in [7, 11) is 0. The van der Waals surface area contributed by atoms with Crippen LogP contribution in [0, 0.1) is 0 Å². The lowest BCUT2D eigenvalue weighted by Gasteiger charge is -2.23. The van der Waals surface area contributed by atoms with Crippen LogP contribution in [0.5, 0.6) is 11.5 Å². The topological polar surface area (TPSA) is 107 Å². The van der Waals surface area contributed by atoms with Crippen molar-refractivity contribution in [2.24, 2.45) is 5.73 Å². The van der Waals surface area contributed by atoms with Gasteiger partial charge in [-0.3, -0.25) is 14.6 Å². The number of carbonyl (C=O) groups excluding carboxylic acids is 2. The highest BCUT2D eigenvalue weighted by Crippen LogP contribution is 2.35. The van der Waals surface area contributed by atoms with E-state index in [2.05, 4.69) is 10.3 Å². The summed E-state index contributed by atoms with van der Waals surface area (Å²) in [6, 6.07) is 15.3. The minimum atomic E-state index is -0.497. The number of nitrogens with one attached hydrogen (secondary N) is 1.